The topological polar surface area (TPSA) is 15.7 Å². The van der Waals surface area contributed by atoms with Crippen LogP contribution in [0.2, 0.25) is 0 Å². The van der Waals surface area contributed by atoms with Gasteiger partial charge in [-0.1, -0.05) is 72.4 Å². The quantitative estimate of drug-likeness (QED) is 0.280. The number of nitrogens with zero attached hydrogens (tertiary/aromatic N) is 2. The number of hydrogen-bond donors (Lipinski definition) is 0. The summed E-state index contributed by atoms with van der Waals surface area (Å²) in [6.07, 6.45) is 2.53. The fraction of sp³-hybridized carbons (Fsp3) is 0.226. The van der Waals surface area contributed by atoms with Crippen LogP contribution in [0.4, 0.5) is 11.4 Å². The Hall–Kier alpha value is -3.21. The molecule has 0 aliphatic carbocycles. The van der Waals surface area contributed by atoms with Crippen LogP contribution in [0.25, 0.3) is 0 Å². The Bertz CT molecular complexity index is 1260. The Labute approximate surface area is 212 Å². The van der Waals surface area contributed by atoms with E-state index in [-0.39, 0.29) is 0 Å². The molecule has 3 nitrogen and oxygen atoms in total. The third kappa shape index (κ3) is 4.69. The zero-order chi connectivity index (χ0) is 23.6. The van der Waals surface area contributed by atoms with Crippen LogP contribution in [0.5, 0.6) is 5.75 Å². The third-order valence-electron chi connectivity index (χ3n) is 7.09. The molecule has 1 atom stereocenters. The van der Waals surface area contributed by atoms with Crippen molar-refractivity contribution in [3.63, 3.8) is 0 Å². The maximum Gasteiger partial charge on any atom is 0.119 e. The van der Waals surface area contributed by atoms with Crippen LogP contribution in [-0.4, -0.2) is 18.5 Å². The predicted octanol–water partition coefficient (Wildman–Crippen LogP) is 7.84. The van der Waals surface area contributed by atoms with Crippen LogP contribution >= 0.6 is 11.8 Å². The highest BCUT2D eigenvalue weighted by atomic mass is 32.2. The van der Waals surface area contributed by atoms with Crippen molar-refractivity contribution in [2.75, 3.05) is 18.5 Å². The highest BCUT2D eigenvalue weighted by molar-refractivity contribution is 7.99. The molecule has 2 heterocycles. The van der Waals surface area contributed by atoms with Crippen LogP contribution in [0.15, 0.2) is 107 Å². The van der Waals surface area contributed by atoms with Crippen LogP contribution in [0.1, 0.15) is 35.6 Å². The number of hydrogen-bond acceptors (Lipinski definition) is 4. The minimum atomic E-state index is 0.550. The standard InChI is InChI=1S/C31H30N2OS/c1-32-20-6-9-27(32)25-16-18-26(19-17-25)34-22-24-14-12-23(13-15-24)21-33-28-7-2-4-10-30(28)35-31-11-5-3-8-29(31)33/h2-5,7-8,10-19,27H,6,9,20-22H2,1H3. The van der Waals surface area contributed by atoms with Crippen molar-refractivity contribution in [2.24, 2.45) is 0 Å². The zero-order valence-electron chi connectivity index (χ0n) is 20.1. The first-order valence-corrected chi connectivity index (χ1v) is 13.2. The Kier molecular flexibility index (Phi) is 6.24. The smallest absolute Gasteiger partial charge is 0.119 e. The van der Waals surface area contributed by atoms with E-state index in [2.05, 4.69) is 114 Å². The lowest BCUT2D eigenvalue weighted by Gasteiger charge is -2.32. The first kappa shape index (κ1) is 22.3. The molecule has 0 spiro atoms. The highest BCUT2D eigenvalue weighted by Gasteiger charge is 2.23. The molecule has 1 saturated heterocycles. The Morgan fingerprint density at radius 3 is 2.03 bits per heavy atom. The van der Waals surface area contributed by atoms with Gasteiger partial charge < -0.3 is 9.64 Å². The number of fused-ring (bicyclic) bond motifs is 2. The molecule has 2 aliphatic rings. The first-order valence-electron chi connectivity index (χ1n) is 12.4. The molecular weight excluding hydrogens is 448 g/mol. The van der Waals surface area contributed by atoms with Crippen molar-refractivity contribution in [3.05, 3.63) is 114 Å². The second kappa shape index (κ2) is 9.80. The van der Waals surface area contributed by atoms with Gasteiger partial charge in [0.15, 0.2) is 0 Å². The van der Waals surface area contributed by atoms with Crippen LogP contribution < -0.4 is 9.64 Å². The molecule has 35 heavy (non-hydrogen) atoms. The summed E-state index contributed by atoms with van der Waals surface area (Å²) < 4.78 is 6.09. The monoisotopic (exact) mass is 478 g/mol. The SMILES string of the molecule is CN1CCCC1c1ccc(OCc2ccc(CN3c4ccccc4Sc4ccccc43)cc2)cc1. The molecule has 0 bridgehead atoms. The first-order chi connectivity index (χ1) is 17.2. The second-order valence-corrected chi connectivity index (χ2v) is 10.5. The van der Waals surface area contributed by atoms with E-state index in [0.717, 1.165) is 12.3 Å². The van der Waals surface area contributed by atoms with Crippen molar-refractivity contribution >= 4 is 23.1 Å². The van der Waals surface area contributed by atoms with E-state index >= 15 is 0 Å². The molecule has 4 aromatic carbocycles. The highest BCUT2D eigenvalue weighted by Crippen LogP contribution is 2.48. The molecule has 2 aliphatic heterocycles. The molecule has 176 valence electrons. The average molecular weight is 479 g/mol. The maximum atomic E-state index is 6.09. The Balaban J connectivity index is 1.12. The summed E-state index contributed by atoms with van der Waals surface area (Å²) in [5.41, 5.74) is 6.41. The van der Waals surface area contributed by atoms with Crippen LogP contribution in [0, 0.1) is 0 Å². The van der Waals surface area contributed by atoms with Crippen molar-refractivity contribution in [2.45, 2.75) is 41.8 Å². The fourth-order valence-electron chi connectivity index (χ4n) is 5.16. The lowest BCUT2D eigenvalue weighted by atomic mass is 10.0. The summed E-state index contributed by atoms with van der Waals surface area (Å²) in [7, 11) is 2.22. The number of rotatable bonds is 6. The normalized spacial score (nSPS) is 17.2. The van der Waals surface area contributed by atoms with E-state index in [1.807, 2.05) is 11.8 Å². The van der Waals surface area contributed by atoms with Gasteiger partial charge in [0.25, 0.3) is 0 Å². The summed E-state index contributed by atoms with van der Waals surface area (Å²) in [6.45, 7) is 2.61. The van der Waals surface area contributed by atoms with Gasteiger partial charge in [-0.25, -0.2) is 0 Å². The van der Waals surface area contributed by atoms with Gasteiger partial charge in [0.2, 0.25) is 0 Å². The molecule has 0 amide bonds. The lowest BCUT2D eigenvalue weighted by Crippen LogP contribution is -2.20. The average Bonchev–Trinajstić information content (AvgIpc) is 3.34. The van der Waals surface area contributed by atoms with E-state index in [1.54, 1.807) is 0 Å². The van der Waals surface area contributed by atoms with E-state index < -0.39 is 0 Å². The third-order valence-corrected chi connectivity index (χ3v) is 8.22. The molecule has 0 N–H and O–H groups in total. The molecule has 4 aromatic rings. The van der Waals surface area contributed by atoms with Crippen molar-refractivity contribution in [1.82, 2.24) is 4.90 Å². The Morgan fingerprint density at radius 2 is 1.40 bits per heavy atom. The summed E-state index contributed by atoms with van der Waals surface area (Å²) in [4.78, 5) is 7.48. The van der Waals surface area contributed by atoms with Gasteiger partial charge in [0.1, 0.15) is 12.4 Å². The maximum absolute atomic E-state index is 6.09. The fourth-order valence-corrected chi connectivity index (χ4v) is 6.25. The van der Waals surface area contributed by atoms with Gasteiger partial charge in [-0.15, -0.1) is 0 Å². The van der Waals surface area contributed by atoms with E-state index in [4.69, 9.17) is 4.74 Å². The van der Waals surface area contributed by atoms with Crippen LogP contribution in [0.3, 0.4) is 0 Å². The lowest BCUT2D eigenvalue weighted by molar-refractivity contribution is 0.303. The van der Waals surface area contributed by atoms with Crippen molar-refractivity contribution < 1.29 is 4.74 Å². The van der Waals surface area contributed by atoms with Crippen molar-refractivity contribution in [3.8, 4) is 5.75 Å². The molecular formula is C31H30N2OS. The Morgan fingerprint density at radius 1 is 0.771 bits per heavy atom. The molecule has 6 rings (SSSR count). The number of para-hydroxylation sites is 2. The van der Waals surface area contributed by atoms with Gasteiger partial charge in [-0.3, -0.25) is 4.90 Å². The summed E-state index contributed by atoms with van der Waals surface area (Å²) >= 11 is 1.85. The summed E-state index contributed by atoms with van der Waals surface area (Å²) in [5, 5.41) is 0. The van der Waals surface area contributed by atoms with Gasteiger partial charge >= 0.3 is 0 Å². The van der Waals surface area contributed by atoms with Crippen molar-refractivity contribution in [1.29, 1.82) is 0 Å². The van der Waals surface area contributed by atoms with Gasteiger partial charge in [0.05, 0.1) is 11.4 Å². The van der Waals surface area contributed by atoms with Crippen LogP contribution in [-0.2, 0) is 13.2 Å². The summed E-state index contributed by atoms with van der Waals surface area (Å²) in [6, 6.07) is 35.4. The summed E-state index contributed by atoms with van der Waals surface area (Å²) in [5.74, 6) is 0.928. The number of anilines is 2. The zero-order valence-corrected chi connectivity index (χ0v) is 20.9. The van der Waals surface area contributed by atoms with E-state index in [1.165, 1.54) is 57.2 Å². The molecule has 0 aromatic heterocycles. The molecule has 1 unspecified atom stereocenters. The largest absolute Gasteiger partial charge is 0.489 e. The van der Waals surface area contributed by atoms with Gasteiger partial charge in [0, 0.05) is 22.4 Å². The number of likely N-dealkylation sites (tertiary alicyclic amines) is 1. The second-order valence-electron chi connectivity index (χ2n) is 9.44. The van der Waals surface area contributed by atoms with E-state index in [9.17, 15) is 0 Å². The number of benzene rings is 4. The molecule has 0 saturated carbocycles. The van der Waals surface area contributed by atoms with Gasteiger partial charge in [-0.05, 0) is 79.5 Å². The van der Waals surface area contributed by atoms with E-state index in [0.29, 0.717) is 12.6 Å². The number of ether oxygens (including phenoxy) is 1. The predicted molar refractivity (Wildman–Crippen MR) is 145 cm³/mol. The molecule has 1 fully saturated rings. The minimum Gasteiger partial charge on any atom is -0.489 e. The molecule has 0 radical (unpaired) electrons. The molecule has 4 heteroatoms. The van der Waals surface area contributed by atoms with Gasteiger partial charge in [-0.2, -0.15) is 0 Å². The minimum absolute atomic E-state index is 0.550.